The quantitative estimate of drug-likeness (QED) is 0.741. The van der Waals surface area contributed by atoms with Crippen LogP contribution in [0.1, 0.15) is 31.9 Å². The zero-order valence-electron chi connectivity index (χ0n) is 10.4. The van der Waals surface area contributed by atoms with Crippen LogP contribution in [-0.2, 0) is 0 Å². The molecule has 0 aliphatic heterocycles. The van der Waals surface area contributed by atoms with Gasteiger partial charge >= 0.3 is 0 Å². The summed E-state index contributed by atoms with van der Waals surface area (Å²) in [6, 6.07) is 8.48. The van der Waals surface area contributed by atoms with Crippen molar-refractivity contribution in [3.8, 4) is 5.75 Å². The van der Waals surface area contributed by atoms with Crippen LogP contribution in [0.3, 0.4) is 0 Å². The molecule has 0 radical (unpaired) electrons. The van der Waals surface area contributed by atoms with Gasteiger partial charge in [0.1, 0.15) is 5.75 Å². The maximum Gasteiger partial charge on any atom is 0.123 e. The fourth-order valence-corrected chi connectivity index (χ4v) is 1.73. The Morgan fingerprint density at radius 1 is 1.44 bits per heavy atom. The van der Waals surface area contributed by atoms with Gasteiger partial charge in [-0.1, -0.05) is 37.3 Å². The normalized spacial score (nSPS) is 12.2. The number of hydrogen-bond acceptors (Lipinski definition) is 2. The van der Waals surface area contributed by atoms with E-state index in [0.717, 1.165) is 24.3 Å². The Kier molecular flexibility index (Phi) is 5.06. The standard InChI is InChI=1S/C14H21NO/c1-5-13(15-10-11(2)3)12-8-6-7-9-14(12)16-4/h6-9,13,15H,2,5,10H2,1,3-4H3. The van der Waals surface area contributed by atoms with E-state index in [1.54, 1.807) is 7.11 Å². The number of rotatable bonds is 6. The molecule has 0 bridgehead atoms. The molecule has 0 heterocycles. The van der Waals surface area contributed by atoms with Crippen LogP contribution in [0, 0.1) is 0 Å². The molecule has 0 aromatic heterocycles. The minimum Gasteiger partial charge on any atom is -0.496 e. The summed E-state index contributed by atoms with van der Waals surface area (Å²) in [6.45, 7) is 8.95. The van der Waals surface area contributed by atoms with Crippen molar-refractivity contribution in [2.75, 3.05) is 13.7 Å². The lowest BCUT2D eigenvalue weighted by molar-refractivity contribution is 0.398. The Bertz CT molecular complexity index is 346. The smallest absolute Gasteiger partial charge is 0.123 e. The highest BCUT2D eigenvalue weighted by molar-refractivity contribution is 5.35. The molecule has 0 aliphatic rings. The Balaban J connectivity index is 2.81. The Morgan fingerprint density at radius 2 is 2.12 bits per heavy atom. The second-order valence-corrected chi connectivity index (χ2v) is 4.04. The predicted molar refractivity (Wildman–Crippen MR) is 68.8 cm³/mol. The van der Waals surface area contributed by atoms with Gasteiger partial charge in [0.05, 0.1) is 7.11 Å². The maximum atomic E-state index is 5.37. The first-order valence-corrected chi connectivity index (χ1v) is 5.69. The largest absolute Gasteiger partial charge is 0.496 e. The summed E-state index contributed by atoms with van der Waals surface area (Å²) < 4.78 is 5.37. The number of nitrogens with one attached hydrogen (secondary N) is 1. The van der Waals surface area contributed by atoms with Crippen LogP contribution in [0.2, 0.25) is 0 Å². The van der Waals surface area contributed by atoms with Crippen LogP contribution in [0.15, 0.2) is 36.4 Å². The molecular weight excluding hydrogens is 198 g/mol. The molecular formula is C14H21NO. The summed E-state index contributed by atoms with van der Waals surface area (Å²) in [5, 5.41) is 3.48. The van der Waals surface area contributed by atoms with E-state index in [2.05, 4.69) is 24.9 Å². The van der Waals surface area contributed by atoms with Gasteiger partial charge in [0, 0.05) is 18.2 Å². The van der Waals surface area contributed by atoms with E-state index in [1.807, 2.05) is 25.1 Å². The molecule has 2 nitrogen and oxygen atoms in total. The molecule has 1 rings (SSSR count). The summed E-state index contributed by atoms with van der Waals surface area (Å²) in [6.07, 6.45) is 1.04. The average molecular weight is 219 g/mol. The second kappa shape index (κ2) is 6.33. The number of para-hydroxylation sites is 1. The summed E-state index contributed by atoms with van der Waals surface area (Å²) in [7, 11) is 1.71. The van der Waals surface area contributed by atoms with E-state index in [-0.39, 0.29) is 0 Å². The number of ether oxygens (including phenoxy) is 1. The first kappa shape index (κ1) is 12.8. The van der Waals surface area contributed by atoms with E-state index in [0.29, 0.717) is 6.04 Å². The minimum atomic E-state index is 0.327. The van der Waals surface area contributed by atoms with Gasteiger partial charge in [-0.2, -0.15) is 0 Å². The van der Waals surface area contributed by atoms with Crippen molar-refractivity contribution in [2.24, 2.45) is 0 Å². The zero-order chi connectivity index (χ0) is 12.0. The fourth-order valence-electron chi connectivity index (χ4n) is 1.73. The number of benzene rings is 1. The van der Waals surface area contributed by atoms with Gasteiger partial charge in [-0.05, 0) is 19.4 Å². The monoisotopic (exact) mass is 219 g/mol. The molecule has 0 saturated heterocycles. The molecule has 1 atom stereocenters. The van der Waals surface area contributed by atoms with Gasteiger partial charge in [0.15, 0.2) is 0 Å². The van der Waals surface area contributed by atoms with E-state index in [4.69, 9.17) is 4.74 Å². The van der Waals surface area contributed by atoms with E-state index >= 15 is 0 Å². The summed E-state index contributed by atoms with van der Waals surface area (Å²) in [5.74, 6) is 0.948. The van der Waals surface area contributed by atoms with Gasteiger partial charge in [-0.15, -0.1) is 0 Å². The van der Waals surface area contributed by atoms with E-state index < -0.39 is 0 Å². The minimum absolute atomic E-state index is 0.327. The maximum absolute atomic E-state index is 5.37. The topological polar surface area (TPSA) is 21.3 Å². The summed E-state index contributed by atoms with van der Waals surface area (Å²) >= 11 is 0. The highest BCUT2D eigenvalue weighted by Crippen LogP contribution is 2.26. The van der Waals surface area contributed by atoms with Gasteiger partial charge < -0.3 is 10.1 Å². The molecule has 1 aromatic carbocycles. The Labute approximate surface area is 98.3 Å². The Morgan fingerprint density at radius 3 is 2.69 bits per heavy atom. The summed E-state index contributed by atoms with van der Waals surface area (Å²) in [5.41, 5.74) is 2.36. The van der Waals surface area contributed by atoms with Crippen LogP contribution < -0.4 is 10.1 Å². The molecule has 0 aliphatic carbocycles. The van der Waals surface area contributed by atoms with Crippen molar-refractivity contribution < 1.29 is 4.74 Å². The van der Waals surface area contributed by atoms with Crippen LogP contribution in [-0.4, -0.2) is 13.7 Å². The van der Waals surface area contributed by atoms with Crippen molar-refractivity contribution in [2.45, 2.75) is 26.3 Å². The fraction of sp³-hybridized carbons (Fsp3) is 0.429. The molecule has 88 valence electrons. The predicted octanol–water partition coefficient (Wildman–Crippen LogP) is 3.31. The van der Waals surface area contributed by atoms with Crippen molar-refractivity contribution in [3.63, 3.8) is 0 Å². The van der Waals surface area contributed by atoms with Crippen LogP contribution >= 0.6 is 0 Å². The van der Waals surface area contributed by atoms with Crippen LogP contribution in [0.4, 0.5) is 0 Å². The van der Waals surface area contributed by atoms with Crippen LogP contribution in [0.25, 0.3) is 0 Å². The molecule has 0 fully saturated rings. The molecule has 1 aromatic rings. The highest BCUT2D eigenvalue weighted by Gasteiger charge is 2.12. The van der Waals surface area contributed by atoms with Crippen molar-refractivity contribution in [1.82, 2.24) is 5.32 Å². The third-order valence-electron chi connectivity index (χ3n) is 2.57. The third kappa shape index (κ3) is 3.38. The number of hydrogen-bond donors (Lipinski definition) is 1. The molecule has 2 heteroatoms. The zero-order valence-corrected chi connectivity index (χ0v) is 10.4. The van der Waals surface area contributed by atoms with Crippen molar-refractivity contribution in [3.05, 3.63) is 42.0 Å². The molecule has 1 N–H and O–H groups in total. The first-order valence-electron chi connectivity index (χ1n) is 5.69. The van der Waals surface area contributed by atoms with Gasteiger partial charge in [-0.25, -0.2) is 0 Å². The van der Waals surface area contributed by atoms with Crippen molar-refractivity contribution >= 4 is 0 Å². The third-order valence-corrected chi connectivity index (χ3v) is 2.57. The van der Waals surface area contributed by atoms with E-state index in [1.165, 1.54) is 5.56 Å². The summed E-state index contributed by atoms with van der Waals surface area (Å²) in [4.78, 5) is 0. The van der Waals surface area contributed by atoms with Crippen LogP contribution in [0.5, 0.6) is 5.75 Å². The van der Waals surface area contributed by atoms with Gasteiger partial charge in [0.2, 0.25) is 0 Å². The molecule has 0 amide bonds. The van der Waals surface area contributed by atoms with Crippen molar-refractivity contribution in [1.29, 1.82) is 0 Å². The van der Waals surface area contributed by atoms with Gasteiger partial charge in [0.25, 0.3) is 0 Å². The lowest BCUT2D eigenvalue weighted by atomic mass is 10.0. The number of methoxy groups -OCH3 is 1. The lowest BCUT2D eigenvalue weighted by Crippen LogP contribution is -2.22. The average Bonchev–Trinajstić information content (AvgIpc) is 2.30. The Hall–Kier alpha value is -1.28. The molecule has 0 saturated carbocycles. The molecule has 16 heavy (non-hydrogen) atoms. The SMILES string of the molecule is C=C(C)CNC(CC)c1ccccc1OC. The lowest BCUT2D eigenvalue weighted by Gasteiger charge is -2.19. The first-order chi connectivity index (χ1) is 7.69. The molecule has 0 spiro atoms. The molecule has 1 unspecified atom stereocenters. The second-order valence-electron chi connectivity index (χ2n) is 4.04. The van der Waals surface area contributed by atoms with Gasteiger partial charge in [-0.3, -0.25) is 0 Å². The highest BCUT2D eigenvalue weighted by atomic mass is 16.5. The van der Waals surface area contributed by atoms with E-state index in [9.17, 15) is 0 Å².